The highest BCUT2D eigenvalue weighted by molar-refractivity contribution is 7.09. The normalized spacial score (nSPS) is 11.8. The molecule has 0 aliphatic rings. The molecule has 0 spiro atoms. The Balaban J connectivity index is 1.58. The van der Waals surface area contributed by atoms with Crippen molar-refractivity contribution in [3.05, 3.63) is 70.7 Å². The molecule has 1 amide bonds. The average Bonchev–Trinajstić information content (AvgIpc) is 3.16. The van der Waals surface area contributed by atoms with E-state index in [0.29, 0.717) is 12.3 Å². The minimum absolute atomic E-state index is 0.0619. The van der Waals surface area contributed by atoms with Gasteiger partial charge in [0.1, 0.15) is 5.75 Å². The van der Waals surface area contributed by atoms with Crippen molar-refractivity contribution in [3.8, 4) is 16.9 Å². The Morgan fingerprint density at radius 2 is 1.78 bits per heavy atom. The molecule has 0 bridgehead atoms. The lowest BCUT2D eigenvalue weighted by molar-refractivity contribution is -0.137. The third kappa shape index (κ3) is 4.95. The molecule has 1 atom stereocenters. The molecule has 3 aromatic rings. The summed E-state index contributed by atoms with van der Waals surface area (Å²) in [5.41, 5.74) is 3.20. The quantitative estimate of drug-likeness (QED) is 0.591. The number of thiazole rings is 1. The number of amides is 1. The van der Waals surface area contributed by atoms with Gasteiger partial charge in [0, 0.05) is 12.4 Å². The lowest BCUT2D eigenvalue weighted by Crippen LogP contribution is -2.37. The first-order valence-corrected chi connectivity index (χ1v) is 9.95. The van der Waals surface area contributed by atoms with E-state index in [-0.39, 0.29) is 5.91 Å². The molecule has 0 radical (unpaired) electrons. The van der Waals surface area contributed by atoms with Gasteiger partial charge in [0.15, 0.2) is 6.10 Å². The maximum atomic E-state index is 12.6. The van der Waals surface area contributed by atoms with Crippen molar-refractivity contribution in [1.29, 1.82) is 0 Å². The van der Waals surface area contributed by atoms with E-state index < -0.39 is 6.10 Å². The van der Waals surface area contributed by atoms with Crippen LogP contribution in [0.3, 0.4) is 0 Å². The molecular formula is C22H24N2O2S. The Morgan fingerprint density at radius 1 is 1.11 bits per heavy atom. The van der Waals surface area contributed by atoms with Crippen LogP contribution in [0.5, 0.6) is 5.75 Å². The Morgan fingerprint density at radius 3 is 2.41 bits per heavy atom. The zero-order valence-electron chi connectivity index (χ0n) is 15.9. The van der Waals surface area contributed by atoms with Crippen LogP contribution < -0.4 is 4.74 Å². The van der Waals surface area contributed by atoms with Crippen LogP contribution in [0, 0.1) is 0 Å². The molecule has 2 aromatic carbocycles. The number of benzene rings is 2. The second kappa shape index (κ2) is 8.82. The van der Waals surface area contributed by atoms with Crippen LogP contribution in [0.4, 0.5) is 0 Å². The van der Waals surface area contributed by atoms with Crippen LogP contribution in [0.15, 0.2) is 60.0 Å². The first-order valence-electron chi connectivity index (χ1n) is 9.07. The third-order valence-electron chi connectivity index (χ3n) is 4.30. The summed E-state index contributed by atoms with van der Waals surface area (Å²) in [5, 5.41) is 3.10. The molecule has 1 aromatic heterocycles. The Labute approximate surface area is 164 Å². The summed E-state index contributed by atoms with van der Waals surface area (Å²) in [6.45, 7) is 4.36. The largest absolute Gasteiger partial charge is 0.481 e. The van der Waals surface area contributed by atoms with Crippen LogP contribution in [-0.2, 0) is 17.8 Å². The molecule has 27 heavy (non-hydrogen) atoms. The molecule has 1 unspecified atom stereocenters. The van der Waals surface area contributed by atoms with Crippen molar-refractivity contribution >= 4 is 17.2 Å². The SMILES string of the molecule is CCc1nc(CN(C)C(=O)C(C)Oc2ccc(-c3ccccc3)cc2)cs1. The lowest BCUT2D eigenvalue weighted by Gasteiger charge is -2.21. The molecule has 140 valence electrons. The van der Waals surface area contributed by atoms with Crippen molar-refractivity contribution in [2.75, 3.05) is 7.05 Å². The molecule has 0 fully saturated rings. The highest BCUT2D eigenvalue weighted by atomic mass is 32.1. The van der Waals surface area contributed by atoms with Crippen molar-refractivity contribution in [1.82, 2.24) is 9.88 Å². The van der Waals surface area contributed by atoms with Gasteiger partial charge < -0.3 is 9.64 Å². The van der Waals surface area contributed by atoms with E-state index in [0.717, 1.165) is 28.2 Å². The van der Waals surface area contributed by atoms with Gasteiger partial charge in [0.05, 0.1) is 17.2 Å². The van der Waals surface area contributed by atoms with Gasteiger partial charge in [-0.15, -0.1) is 11.3 Å². The minimum atomic E-state index is -0.554. The predicted molar refractivity (Wildman–Crippen MR) is 110 cm³/mol. The van der Waals surface area contributed by atoms with E-state index in [4.69, 9.17) is 4.74 Å². The van der Waals surface area contributed by atoms with Gasteiger partial charge >= 0.3 is 0 Å². The number of ether oxygens (including phenoxy) is 1. The van der Waals surface area contributed by atoms with Gasteiger partial charge in [-0.2, -0.15) is 0 Å². The smallest absolute Gasteiger partial charge is 0.263 e. The summed E-state index contributed by atoms with van der Waals surface area (Å²) in [4.78, 5) is 18.8. The summed E-state index contributed by atoms with van der Waals surface area (Å²) in [5.74, 6) is 0.624. The second-order valence-corrected chi connectivity index (χ2v) is 7.37. The highest BCUT2D eigenvalue weighted by Crippen LogP contribution is 2.23. The topological polar surface area (TPSA) is 42.4 Å². The molecule has 4 nitrogen and oxygen atoms in total. The molecule has 5 heteroatoms. The molecule has 0 aliphatic carbocycles. The van der Waals surface area contributed by atoms with Crippen LogP contribution in [0.2, 0.25) is 0 Å². The number of aryl methyl sites for hydroxylation is 1. The van der Waals surface area contributed by atoms with Gasteiger partial charge in [0.2, 0.25) is 0 Å². The fourth-order valence-electron chi connectivity index (χ4n) is 2.83. The predicted octanol–water partition coefficient (Wildman–Crippen LogP) is 4.80. The van der Waals surface area contributed by atoms with Gasteiger partial charge in [-0.3, -0.25) is 4.79 Å². The Bertz CT molecular complexity index is 875. The van der Waals surface area contributed by atoms with E-state index >= 15 is 0 Å². The van der Waals surface area contributed by atoms with Gasteiger partial charge in [0.25, 0.3) is 5.91 Å². The average molecular weight is 381 g/mol. The molecular weight excluding hydrogens is 356 g/mol. The fourth-order valence-corrected chi connectivity index (χ4v) is 3.56. The molecule has 0 saturated heterocycles. The molecule has 1 heterocycles. The first-order chi connectivity index (χ1) is 13.1. The summed E-state index contributed by atoms with van der Waals surface area (Å²) in [7, 11) is 1.78. The number of hydrogen-bond donors (Lipinski definition) is 0. The number of aromatic nitrogens is 1. The monoisotopic (exact) mass is 380 g/mol. The van der Waals surface area contributed by atoms with Crippen LogP contribution >= 0.6 is 11.3 Å². The van der Waals surface area contributed by atoms with Crippen LogP contribution in [0.25, 0.3) is 11.1 Å². The maximum Gasteiger partial charge on any atom is 0.263 e. The summed E-state index contributed by atoms with van der Waals surface area (Å²) < 4.78 is 5.84. The summed E-state index contributed by atoms with van der Waals surface area (Å²) >= 11 is 1.63. The van der Waals surface area contributed by atoms with E-state index in [2.05, 4.69) is 24.0 Å². The van der Waals surface area contributed by atoms with E-state index in [1.165, 1.54) is 0 Å². The Hall–Kier alpha value is -2.66. The Kier molecular flexibility index (Phi) is 6.24. The van der Waals surface area contributed by atoms with Crippen LogP contribution in [0.1, 0.15) is 24.5 Å². The third-order valence-corrected chi connectivity index (χ3v) is 5.34. The lowest BCUT2D eigenvalue weighted by atomic mass is 10.1. The van der Waals surface area contributed by atoms with E-state index in [1.807, 2.05) is 47.8 Å². The van der Waals surface area contributed by atoms with Gasteiger partial charge in [-0.1, -0.05) is 49.4 Å². The number of carbonyl (C=O) groups is 1. The first kappa shape index (κ1) is 19.1. The zero-order chi connectivity index (χ0) is 19.2. The van der Waals surface area contributed by atoms with E-state index in [1.54, 1.807) is 30.2 Å². The van der Waals surface area contributed by atoms with Crippen molar-refractivity contribution in [2.45, 2.75) is 32.9 Å². The molecule has 3 rings (SSSR count). The summed E-state index contributed by atoms with van der Waals surface area (Å²) in [6.07, 6.45) is 0.364. The minimum Gasteiger partial charge on any atom is -0.481 e. The zero-order valence-corrected chi connectivity index (χ0v) is 16.7. The molecule has 0 saturated carbocycles. The van der Waals surface area contributed by atoms with Crippen LogP contribution in [-0.4, -0.2) is 28.9 Å². The highest BCUT2D eigenvalue weighted by Gasteiger charge is 2.20. The van der Waals surface area contributed by atoms with Gasteiger partial charge in [-0.25, -0.2) is 4.98 Å². The number of nitrogens with zero attached hydrogens (tertiary/aromatic N) is 2. The van der Waals surface area contributed by atoms with Gasteiger partial charge in [-0.05, 0) is 36.6 Å². The number of rotatable bonds is 7. The summed E-state index contributed by atoms with van der Waals surface area (Å²) in [6, 6.07) is 18.0. The van der Waals surface area contributed by atoms with Crippen molar-refractivity contribution in [2.24, 2.45) is 0 Å². The maximum absolute atomic E-state index is 12.6. The second-order valence-electron chi connectivity index (χ2n) is 6.43. The number of carbonyl (C=O) groups excluding carboxylic acids is 1. The van der Waals surface area contributed by atoms with Crippen molar-refractivity contribution in [3.63, 3.8) is 0 Å². The fraction of sp³-hybridized carbons (Fsp3) is 0.273. The van der Waals surface area contributed by atoms with E-state index in [9.17, 15) is 4.79 Å². The molecule has 0 aliphatic heterocycles. The van der Waals surface area contributed by atoms with Crippen molar-refractivity contribution < 1.29 is 9.53 Å². The number of hydrogen-bond acceptors (Lipinski definition) is 4. The standard InChI is InChI=1S/C22H24N2O2S/c1-4-21-23-19(15-27-21)14-24(3)22(25)16(2)26-20-12-10-18(11-13-20)17-8-6-5-7-9-17/h5-13,15-16H,4,14H2,1-3H3. The molecule has 0 N–H and O–H groups in total. The number of likely N-dealkylation sites (N-methyl/N-ethyl adjacent to an activating group) is 1.